The quantitative estimate of drug-likeness (QED) is 0.0640. The van der Waals surface area contributed by atoms with Gasteiger partial charge in [0, 0.05) is 30.3 Å². The van der Waals surface area contributed by atoms with Crippen LogP contribution in [0.5, 0.6) is 11.5 Å². The summed E-state index contributed by atoms with van der Waals surface area (Å²) >= 11 is 0. The Morgan fingerprint density at radius 1 is 0.930 bits per heavy atom. The molecule has 16 heteroatoms. The standard InChI is InChI=1S/C41H48F3N4O8P/c1-27(2)48(28(3)4)57(54-23-11-22-45)56-35-24-36(47-25-29(5)37(49)46-38(47)50)55-39(35,41(42,43)44)26-53-40(30-12-9-8-10-13-30,31-14-18-33(51-6)19-15-31)32-16-20-34(52-7)21-17-32/h8-10,12-21,25,27-28,35-36H,11,23-24,26H2,1-7H3,(H,46,49,50)/t35-,36-,39-,57?/m1/s1. The Hall–Kier alpha value is -4.55. The Morgan fingerprint density at radius 3 is 1.96 bits per heavy atom. The molecule has 306 valence electrons. The number of aryl methyl sites for hydroxylation is 1. The summed E-state index contributed by atoms with van der Waals surface area (Å²) in [5.74, 6) is 1.03. The molecule has 0 amide bonds. The second-order valence-corrected chi connectivity index (χ2v) is 15.5. The van der Waals surface area contributed by atoms with Gasteiger partial charge in [-0.3, -0.25) is 14.3 Å². The highest BCUT2D eigenvalue weighted by Gasteiger charge is 2.68. The van der Waals surface area contributed by atoms with Crippen LogP contribution in [0.25, 0.3) is 0 Å². The molecule has 0 spiro atoms. The van der Waals surface area contributed by atoms with Crippen molar-refractivity contribution in [3.8, 4) is 17.6 Å². The van der Waals surface area contributed by atoms with Crippen molar-refractivity contribution in [3.63, 3.8) is 0 Å². The lowest BCUT2D eigenvalue weighted by atomic mass is 9.79. The topological polar surface area (TPSA) is 137 Å². The minimum atomic E-state index is -5.18. The van der Waals surface area contributed by atoms with Gasteiger partial charge in [0.1, 0.15) is 29.4 Å². The summed E-state index contributed by atoms with van der Waals surface area (Å²) in [4.78, 5) is 27.7. The van der Waals surface area contributed by atoms with Crippen molar-refractivity contribution < 1.29 is 41.2 Å². The molecule has 0 saturated carbocycles. The summed E-state index contributed by atoms with van der Waals surface area (Å²) in [6, 6.07) is 24.0. The van der Waals surface area contributed by atoms with E-state index in [0.29, 0.717) is 28.2 Å². The minimum Gasteiger partial charge on any atom is -0.497 e. The summed E-state index contributed by atoms with van der Waals surface area (Å²) in [6.07, 6.45) is -7.90. The highest BCUT2D eigenvalue weighted by molar-refractivity contribution is 7.44. The predicted molar refractivity (Wildman–Crippen MR) is 208 cm³/mol. The molecule has 1 aliphatic heterocycles. The number of alkyl halides is 3. The van der Waals surface area contributed by atoms with Gasteiger partial charge in [0.25, 0.3) is 14.1 Å². The van der Waals surface area contributed by atoms with Crippen LogP contribution in [0.3, 0.4) is 0 Å². The van der Waals surface area contributed by atoms with E-state index in [0.717, 1.165) is 4.57 Å². The predicted octanol–water partition coefficient (Wildman–Crippen LogP) is 7.75. The molecule has 1 aromatic heterocycles. The van der Waals surface area contributed by atoms with Crippen LogP contribution < -0.4 is 20.7 Å². The number of benzene rings is 3. The molecule has 1 N–H and O–H groups in total. The minimum absolute atomic E-state index is 0.0289. The fraction of sp³-hybridized carbons (Fsp3) is 0.439. The molecule has 3 aromatic carbocycles. The maximum absolute atomic E-state index is 16.3. The summed E-state index contributed by atoms with van der Waals surface area (Å²) in [6.45, 7) is 7.65. The van der Waals surface area contributed by atoms with Gasteiger partial charge in [-0.15, -0.1) is 0 Å². The van der Waals surface area contributed by atoms with E-state index in [-0.39, 0.29) is 30.7 Å². The summed E-state index contributed by atoms with van der Waals surface area (Å²) in [5.41, 5.74) is -5.00. The first-order valence-electron chi connectivity index (χ1n) is 18.4. The van der Waals surface area contributed by atoms with E-state index in [1.807, 2.05) is 33.8 Å². The molecule has 0 radical (unpaired) electrons. The maximum Gasteiger partial charge on any atom is 0.422 e. The molecule has 4 atom stereocenters. The first kappa shape index (κ1) is 43.6. The second-order valence-electron chi connectivity index (χ2n) is 14.1. The van der Waals surface area contributed by atoms with E-state index < -0.39 is 62.5 Å². The van der Waals surface area contributed by atoms with Crippen molar-refractivity contribution in [2.45, 2.75) is 89.3 Å². The van der Waals surface area contributed by atoms with Crippen molar-refractivity contribution >= 4 is 8.53 Å². The number of H-pyrrole nitrogens is 1. The van der Waals surface area contributed by atoms with Crippen molar-refractivity contribution in [2.24, 2.45) is 0 Å². The number of halogens is 3. The monoisotopic (exact) mass is 812 g/mol. The van der Waals surface area contributed by atoms with Crippen LogP contribution in [0.1, 0.15) is 69.0 Å². The fourth-order valence-electron chi connectivity index (χ4n) is 6.99. The largest absolute Gasteiger partial charge is 0.497 e. The van der Waals surface area contributed by atoms with Gasteiger partial charge in [0.05, 0.1) is 39.9 Å². The number of nitrogens with zero attached hydrogens (tertiary/aromatic N) is 3. The summed E-state index contributed by atoms with van der Waals surface area (Å²) < 4.78 is 88.0. The van der Waals surface area contributed by atoms with Crippen molar-refractivity contribution in [1.29, 1.82) is 5.26 Å². The van der Waals surface area contributed by atoms with Crippen molar-refractivity contribution in [2.75, 3.05) is 27.4 Å². The number of methoxy groups -OCH3 is 2. The van der Waals surface area contributed by atoms with Crippen LogP contribution in [-0.2, 0) is 24.1 Å². The highest BCUT2D eigenvalue weighted by Crippen LogP contribution is 2.56. The van der Waals surface area contributed by atoms with E-state index >= 15 is 13.2 Å². The average Bonchev–Trinajstić information content (AvgIpc) is 3.56. The Kier molecular flexibility index (Phi) is 14.0. The summed E-state index contributed by atoms with van der Waals surface area (Å²) in [5, 5.41) is 9.29. The van der Waals surface area contributed by atoms with Gasteiger partial charge in [-0.25, -0.2) is 9.46 Å². The highest BCUT2D eigenvalue weighted by atomic mass is 31.2. The van der Waals surface area contributed by atoms with Gasteiger partial charge in [-0.05, 0) is 75.6 Å². The molecule has 1 saturated heterocycles. The molecular weight excluding hydrogens is 764 g/mol. The number of aromatic amines is 1. The van der Waals surface area contributed by atoms with Crippen LogP contribution in [0.2, 0.25) is 0 Å². The molecular formula is C41H48F3N4O8P. The zero-order valence-electron chi connectivity index (χ0n) is 32.9. The van der Waals surface area contributed by atoms with E-state index in [4.69, 9.17) is 28.0 Å². The first-order valence-corrected chi connectivity index (χ1v) is 19.5. The van der Waals surface area contributed by atoms with Gasteiger partial charge < -0.3 is 28.0 Å². The zero-order valence-corrected chi connectivity index (χ0v) is 33.8. The molecule has 12 nitrogen and oxygen atoms in total. The number of hydrogen-bond donors (Lipinski definition) is 1. The van der Waals surface area contributed by atoms with Crippen molar-refractivity contribution in [3.05, 3.63) is 128 Å². The third-order valence-corrected chi connectivity index (χ3v) is 11.9. The maximum atomic E-state index is 16.3. The molecule has 1 fully saturated rings. The molecule has 2 heterocycles. The molecule has 1 unspecified atom stereocenters. The SMILES string of the molecule is COc1ccc(C(OC[C@@]2(C(F)(F)F)O[C@@H](n3cc(C)c(=O)[nH]c3=O)C[C@H]2OP(OCCC#N)N(C(C)C)C(C)C)(c2ccccc2)c2ccc(OC)cc2)cc1. The Labute approximate surface area is 331 Å². The molecule has 4 aromatic rings. The van der Waals surface area contributed by atoms with Crippen LogP contribution in [-0.4, -0.2) is 71.6 Å². The summed E-state index contributed by atoms with van der Waals surface area (Å²) in [7, 11) is 0.770. The van der Waals surface area contributed by atoms with Crippen LogP contribution in [0.4, 0.5) is 13.2 Å². The lowest BCUT2D eigenvalue weighted by Crippen LogP contribution is -2.58. The normalized spacial score (nSPS) is 19.2. The van der Waals surface area contributed by atoms with E-state index in [2.05, 4.69) is 4.98 Å². The van der Waals surface area contributed by atoms with E-state index in [1.54, 1.807) is 83.5 Å². The average molecular weight is 813 g/mol. The number of nitriles is 1. The molecule has 57 heavy (non-hydrogen) atoms. The molecule has 5 rings (SSSR count). The van der Waals surface area contributed by atoms with Crippen molar-refractivity contribution in [1.82, 2.24) is 14.2 Å². The zero-order chi connectivity index (χ0) is 41.5. The van der Waals surface area contributed by atoms with Gasteiger partial charge in [-0.2, -0.15) is 18.4 Å². The Morgan fingerprint density at radius 2 is 1.47 bits per heavy atom. The number of hydrogen-bond acceptors (Lipinski definition) is 10. The van der Waals surface area contributed by atoms with E-state index in [9.17, 15) is 14.9 Å². The van der Waals surface area contributed by atoms with Gasteiger partial charge >= 0.3 is 11.9 Å². The third kappa shape index (κ3) is 9.12. The number of aromatic nitrogens is 2. The fourth-order valence-corrected chi connectivity index (χ4v) is 8.77. The van der Waals surface area contributed by atoms with Crippen LogP contribution in [0.15, 0.2) is 94.6 Å². The lowest BCUT2D eigenvalue weighted by molar-refractivity contribution is -0.312. The first-order chi connectivity index (χ1) is 27.1. The molecule has 0 bridgehead atoms. The Bertz CT molecular complexity index is 2030. The molecule has 1 aliphatic rings. The van der Waals surface area contributed by atoms with Gasteiger partial charge in [-0.1, -0.05) is 54.6 Å². The molecule has 0 aliphatic carbocycles. The number of nitrogens with one attached hydrogen (secondary N) is 1. The number of rotatable bonds is 17. The van der Waals surface area contributed by atoms with Crippen LogP contribution in [0, 0.1) is 18.3 Å². The smallest absolute Gasteiger partial charge is 0.422 e. The van der Waals surface area contributed by atoms with E-state index in [1.165, 1.54) is 27.3 Å². The van der Waals surface area contributed by atoms with Gasteiger partial charge in [0.2, 0.25) is 5.60 Å². The number of ether oxygens (including phenoxy) is 4. The van der Waals surface area contributed by atoms with Crippen LogP contribution >= 0.6 is 8.53 Å². The second kappa shape index (κ2) is 18.4. The Balaban J connectivity index is 1.74. The third-order valence-electron chi connectivity index (χ3n) is 9.77. The van der Waals surface area contributed by atoms with Gasteiger partial charge in [0.15, 0.2) is 0 Å². The lowest BCUT2D eigenvalue weighted by Gasteiger charge is -2.43.